The molecule has 3 heteroatoms. The minimum absolute atomic E-state index is 0.343. The van der Waals surface area contributed by atoms with Gasteiger partial charge < -0.3 is 5.11 Å². The highest BCUT2D eigenvalue weighted by molar-refractivity contribution is 7.14. The Kier molecular flexibility index (Phi) is 3.15. The molecule has 2 atom stereocenters. The second kappa shape index (κ2) is 4.21. The molecule has 14 heavy (non-hydrogen) atoms. The summed E-state index contributed by atoms with van der Waals surface area (Å²) in [6.07, 6.45) is 3.47. The predicted octanol–water partition coefficient (Wildman–Crippen LogP) is 3.87. The molecule has 2 unspecified atom stereocenters. The van der Waals surface area contributed by atoms with Crippen molar-refractivity contribution in [2.24, 2.45) is 11.8 Å². The molecule has 1 aromatic rings. The molecule has 1 nitrogen and oxygen atoms in total. The minimum atomic E-state index is -0.376. The van der Waals surface area contributed by atoms with Gasteiger partial charge in [-0.05, 0) is 23.3 Å². The van der Waals surface area contributed by atoms with Crippen LogP contribution in [0.15, 0.2) is 11.4 Å². The Bertz CT molecular complexity index is 306. The SMILES string of the molecule is CC(C1CCC1)C(O)c1ccsc1Cl. The van der Waals surface area contributed by atoms with Crippen molar-refractivity contribution in [2.45, 2.75) is 32.3 Å². The van der Waals surface area contributed by atoms with Crippen LogP contribution >= 0.6 is 22.9 Å². The van der Waals surface area contributed by atoms with E-state index in [1.54, 1.807) is 0 Å². The first-order valence-corrected chi connectivity index (χ1v) is 6.37. The van der Waals surface area contributed by atoms with Gasteiger partial charge in [0.2, 0.25) is 0 Å². The molecule has 0 radical (unpaired) electrons. The number of aliphatic hydroxyl groups is 1. The lowest BCUT2D eigenvalue weighted by atomic mass is 9.73. The number of hydrogen-bond donors (Lipinski definition) is 1. The van der Waals surface area contributed by atoms with Crippen molar-refractivity contribution in [1.29, 1.82) is 0 Å². The van der Waals surface area contributed by atoms with E-state index in [4.69, 9.17) is 11.6 Å². The number of halogens is 1. The molecule has 78 valence electrons. The maximum atomic E-state index is 10.1. The summed E-state index contributed by atoms with van der Waals surface area (Å²) >= 11 is 7.50. The molecular weight excluding hydrogens is 216 g/mol. The first-order chi connectivity index (χ1) is 6.70. The Hall–Kier alpha value is -0.0500. The molecule has 1 saturated carbocycles. The smallest absolute Gasteiger partial charge is 0.0986 e. The summed E-state index contributed by atoms with van der Waals surface area (Å²) in [5.74, 6) is 1.04. The zero-order valence-electron chi connectivity index (χ0n) is 8.24. The summed E-state index contributed by atoms with van der Waals surface area (Å²) in [7, 11) is 0. The van der Waals surface area contributed by atoms with Crippen LogP contribution in [0.4, 0.5) is 0 Å². The normalized spacial score (nSPS) is 21.6. The average Bonchev–Trinajstić information content (AvgIpc) is 2.47. The average molecular weight is 231 g/mol. The van der Waals surface area contributed by atoms with Gasteiger partial charge in [-0.3, -0.25) is 0 Å². The molecule has 0 spiro atoms. The van der Waals surface area contributed by atoms with Crippen molar-refractivity contribution in [3.63, 3.8) is 0 Å². The first kappa shape index (κ1) is 10.5. The van der Waals surface area contributed by atoms with E-state index in [1.807, 2.05) is 11.4 Å². The van der Waals surface area contributed by atoms with Crippen molar-refractivity contribution in [3.05, 3.63) is 21.3 Å². The lowest BCUT2D eigenvalue weighted by Gasteiger charge is -2.34. The Labute approximate surface area is 93.7 Å². The van der Waals surface area contributed by atoms with Crippen LogP contribution in [-0.4, -0.2) is 5.11 Å². The van der Waals surface area contributed by atoms with E-state index in [-0.39, 0.29) is 6.10 Å². The van der Waals surface area contributed by atoms with Crippen molar-refractivity contribution in [1.82, 2.24) is 0 Å². The maximum Gasteiger partial charge on any atom is 0.0986 e. The second-order valence-corrected chi connectivity index (χ2v) is 5.66. The van der Waals surface area contributed by atoms with Gasteiger partial charge >= 0.3 is 0 Å². The van der Waals surface area contributed by atoms with Crippen molar-refractivity contribution >= 4 is 22.9 Å². The second-order valence-electron chi connectivity index (χ2n) is 4.14. The van der Waals surface area contributed by atoms with Crippen LogP contribution in [0.25, 0.3) is 0 Å². The summed E-state index contributed by atoms with van der Waals surface area (Å²) in [6, 6.07) is 1.94. The van der Waals surface area contributed by atoms with Crippen LogP contribution in [0, 0.1) is 11.8 Å². The fourth-order valence-electron chi connectivity index (χ4n) is 2.02. The lowest BCUT2D eigenvalue weighted by molar-refractivity contribution is 0.0538. The molecule has 0 amide bonds. The summed E-state index contributed by atoms with van der Waals surface area (Å²) in [6.45, 7) is 2.13. The number of aliphatic hydroxyl groups excluding tert-OH is 1. The minimum Gasteiger partial charge on any atom is -0.388 e. The van der Waals surface area contributed by atoms with E-state index in [2.05, 4.69) is 6.92 Å². The van der Waals surface area contributed by atoms with Crippen LogP contribution in [0.1, 0.15) is 37.9 Å². The highest BCUT2D eigenvalue weighted by atomic mass is 35.5. The van der Waals surface area contributed by atoms with E-state index >= 15 is 0 Å². The van der Waals surface area contributed by atoms with E-state index < -0.39 is 0 Å². The number of hydrogen-bond acceptors (Lipinski definition) is 2. The standard InChI is InChI=1S/C11H15ClOS/c1-7(8-3-2-4-8)10(13)9-5-6-14-11(9)12/h5-8,10,13H,2-4H2,1H3. The third kappa shape index (κ3) is 1.83. The molecule has 1 heterocycles. The molecule has 0 aromatic carbocycles. The lowest BCUT2D eigenvalue weighted by Crippen LogP contribution is -2.24. The van der Waals surface area contributed by atoms with Gasteiger partial charge in [0.25, 0.3) is 0 Å². The van der Waals surface area contributed by atoms with Gasteiger partial charge in [-0.2, -0.15) is 0 Å². The highest BCUT2D eigenvalue weighted by Crippen LogP contribution is 2.41. The fraction of sp³-hybridized carbons (Fsp3) is 0.636. The molecule has 0 bridgehead atoms. The molecule has 1 aliphatic rings. The molecule has 1 aliphatic carbocycles. The molecular formula is C11H15ClOS. The summed E-state index contributed by atoms with van der Waals surface area (Å²) in [4.78, 5) is 0. The Morgan fingerprint density at radius 3 is 2.71 bits per heavy atom. The third-order valence-corrected chi connectivity index (χ3v) is 4.56. The molecule has 2 rings (SSSR count). The van der Waals surface area contributed by atoms with Gasteiger partial charge in [-0.25, -0.2) is 0 Å². The molecule has 1 N–H and O–H groups in total. The fourth-order valence-corrected chi connectivity index (χ4v) is 3.01. The molecule has 1 aromatic heterocycles. The Balaban J connectivity index is 2.07. The topological polar surface area (TPSA) is 20.2 Å². The monoisotopic (exact) mass is 230 g/mol. The quantitative estimate of drug-likeness (QED) is 0.836. The summed E-state index contributed by atoms with van der Waals surface area (Å²) in [5, 5.41) is 12.1. The van der Waals surface area contributed by atoms with Crippen LogP contribution in [0.5, 0.6) is 0 Å². The van der Waals surface area contributed by atoms with E-state index in [9.17, 15) is 5.11 Å². The molecule has 1 fully saturated rings. The zero-order chi connectivity index (χ0) is 10.1. The van der Waals surface area contributed by atoms with E-state index in [0.717, 1.165) is 9.90 Å². The number of thiophene rings is 1. The summed E-state index contributed by atoms with van der Waals surface area (Å²) < 4.78 is 0.740. The highest BCUT2D eigenvalue weighted by Gasteiger charge is 2.30. The largest absolute Gasteiger partial charge is 0.388 e. The van der Waals surface area contributed by atoms with Crippen LogP contribution < -0.4 is 0 Å². The van der Waals surface area contributed by atoms with Crippen molar-refractivity contribution < 1.29 is 5.11 Å². The van der Waals surface area contributed by atoms with Gasteiger partial charge in [0, 0.05) is 5.56 Å². The molecule has 0 saturated heterocycles. The van der Waals surface area contributed by atoms with Crippen LogP contribution in [-0.2, 0) is 0 Å². The van der Waals surface area contributed by atoms with Gasteiger partial charge in [0.05, 0.1) is 10.4 Å². The number of rotatable bonds is 3. The van der Waals surface area contributed by atoms with Crippen LogP contribution in [0.3, 0.4) is 0 Å². The Morgan fingerprint density at radius 2 is 2.29 bits per heavy atom. The van der Waals surface area contributed by atoms with Gasteiger partial charge in [-0.15, -0.1) is 11.3 Å². The zero-order valence-corrected chi connectivity index (χ0v) is 9.81. The Morgan fingerprint density at radius 1 is 1.57 bits per heavy atom. The van der Waals surface area contributed by atoms with Crippen molar-refractivity contribution in [2.75, 3.05) is 0 Å². The van der Waals surface area contributed by atoms with E-state index in [0.29, 0.717) is 11.8 Å². The van der Waals surface area contributed by atoms with Crippen LogP contribution in [0.2, 0.25) is 4.34 Å². The van der Waals surface area contributed by atoms with Crippen molar-refractivity contribution in [3.8, 4) is 0 Å². The van der Waals surface area contributed by atoms with E-state index in [1.165, 1.54) is 30.6 Å². The molecule has 0 aliphatic heterocycles. The third-order valence-electron chi connectivity index (χ3n) is 3.36. The summed E-state index contributed by atoms with van der Waals surface area (Å²) in [5.41, 5.74) is 0.913. The van der Waals surface area contributed by atoms with Gasteiger partial charge in [-0.1, -0.05) is 37.8 Å². The van der Waals surface area contributed by atoms with Gasteiger partial charge in [0.15, 0.2) is 0 Å². The van der Waals surface area contributed by atoms with Gasteiger partial charge in [0.1, 0.15) is 0 Å². The first-order valence-electron chi connectivity index (χ1n) is 5.11. The predicted molar refractivity (Wildman–Crippen MR) is 60.8 cm³/mol. The maximum absolute atomic E-state index is 10.1.